The van der Waals surface area contributed by atoms with E-state index in [1.54, 1.807) is 38.1 Å². The number of anilines is 2. The van der Waals surface area contributed by atoms with Crippen molar-refractivity contribution in [1.29, 1.82) is 0 Å². The third kappa shape index (κ3) is 3.98. The predicted octanol–water partition coefficient (Wildman–Crippen LogP) is 3.54. The SMILES string of the molecule is Cc1noc(NS(=O)(=O)c2ccc(NCc3cc(=O)oc4cc5c(cc34)OCO5)cc2)c1C. The van der Waals surface area contributed by atoms with Gasteiger partial charge in [0, 0.05) is 35.3 Å². The van der Waals surface area contributed by atoms with Crippen molar-refractivity contribution in [2.75, 3.05) is 16.8 Å². The number of hydrogen-bond donors (Lipinski definition) is 2. The van der Waals surface area contributed by atoms with Gasteiger partial charge in [-0.05, 0) is 49.7 Å². The molecule has 170 valence electrons. The van der Waals surface area contributed by atoms with Gasteiger partial charge in [0.1, 0.15) is 5.58 Å². The van der Waals surface area contributed by atoms with Crippen molar-refractivity contribution in [3.63, 3.8) is 0 Å². The molecule has 2 aromatic carbocycles. The van der Waals surface area contributed by atoms with E-state index in [2.05, 4.69) is 15.2 Å². The van der Waals surface area contributed by atoms with Gasteiger partial charge in [-0.3, -0.25) is 0 Å². The smallest absolute Gasteiger partial charge is 0.336 e. The Morgan fingerprint density at radius 2 is 1.76 bits per heavy atom. The molecule has 1 aliphatic heterocycles. The second-order valence-corrected chi connectivity index (χ2v) is 9.18. The first-order chi connectivity index (χ1) is 15.8. The number of nitrogens with zero attached hydrogens (tertiary/aromatic N) is 1. The Kier molecular flexibility index (Phi) is 4.97. The number of rotatable bonds is 6. The van der Waals surface area contributed by atoms with Crippen molar-refractivity contribution in [2.45, 2.75) is 25.3 Å². The van der Waals surface area contributed by atoms with Crippen molar-refractivity contribution in [2.24, 2.45) is 0 Å². The van der Waals surface area contributed by atoms with Crippen LogP contribution in [-0.2, 0) is 16.6 Å². The lowest BCUT2D eigenvalue weighted by molar-refractivity contribution is 0.174. The fraction of sp³-hybridized carbons (Fsp3) is 0.182. The van der Waals surface area contributed by atoms with Gasteiger partial charge in [0.2, 0.25) is 12.7 Å². The zero-order chi connectivity index (χ0) is 23.2. The summed E-state index contributed by atoms with van der Waals surface area (Å²) < 4.78 is 48.8. The average molecular weight is 469 g/mol. The number of ether oxygens (including phenoxy) is 2. The van der Waals surface area contributed by atoms with E-state index in [0.29, 0.717) is 51.5 Å². The van der Waals surface area contributed by atoms with Gasteiger partial charge in [-0.25, -0.2) is 17.9 Å². The quantitative estimate of drug-likeness (QED) is 0.407. The Bertz CT molecular complexity index is 1520. The molecule has 0 bridgehead atoms. The van der Waals surface area contributed by atoms with Gasteiger partial charge in [-0.1, -0.05) is 5.16 Å². The third-order valence-electron chi connectivity index (χ3n) is 5.36. The molecule has 11 heteroatoms. The predicted molar refractivity (Wildman–Crippen MR) is 119 cm³/mol. The molecule has 0 amide bonds. The lowest BCUT2D eigenvalue weighted by Gasteiger charge is -2.10. The van der Waals surface area contributed by atoms with Gasteiger partial charge in [-0.2, -0.15) is 0 Å². The van der Waals surface area contributed by atoms with E-state index in [4.69, 9.17) is 18.4 Å². The summed E-state index contributed by atoms with van der Waals surface area (Å²) in [6, 6.07) is 11.0. The van der Waals surface area contributed by atoms with Gasteiger partial charge in [0.25, 0.3) is 10.0 Å². The minimum absolute atomic E-state index is 0.0695. The normalized spacial score (nSPS) is 12.8. The Hall–Kier alpha value is -3.99. The summed E-state index contributed by atoms with van der Waals surface area (Å²) in [6.45, 7) is 3.87. The standard InChI is InChI=1S/C22H19N3O7S/c1-12-13(2)24-32-22(12)25-33(27,28)16-5-3-15(4-6-16)23-10-14-7-21(26)31-18-9-20-19(8-17(14)18)29-11-30-20/h3-9,23,25H,10-11H2,1-2H3. The van der Waals surface area contributed by atoms with Crippen LogP contribution in [-0.4, -0.2) is 20.4 Å². The van der Waals surface area contributed by atoms with E-state index in [1.807, 2.05) is 0 Å². The van der Waals surface area contributed by atoms with Crippen molar-refractivity contribution >= 4 is 32.6 Å². The van der Waals surface area contributed by atoms with Crippen LogP contribution in [0.25, 0.3) is 11.0 Å². The lowest BCUT2D eigenvalue weighted by atomic mass is 10.1. The number of fused-ring (bicyclic) bond motifs is 2. The number of aryl methyl sites for hydroxylation is 1. The van der Waals surface area contributed by atoms with E-state index in [-0.39, 0.29) is 17.6 Å². The van der Waals surface area contributed by atoms with Crippen LogP contribution in [0.1, 0.15) is 16.8 Å². The van der Waals surface area contributed by atoms with E-state index in [9.17, 15) is 13.2 Å². The fourth-order valence-electron chi connectivity index (χ4n) is 3.40. The summed E-state index contributed by atoms with van der Waals surface area (Å²) >= 11 is 0. The van der Waals surface area contributed by atoms with Crippen LogP contribution in [0.5, 0.6) is 11.5 Å². The Morgan fingerprint density at radius 1 is 1.03 bits per heavy atom. The third-order valence-corrected chi connectivity index (χ3v) is 6.70. The topological polar surface area (TPSA) is 133 Å². The van der Waals surface area contributed by atoms with Gasteiger partial charge in [0.05, 0.1) is 10.6 Å². The Labute approximate surface area is 188 Å². The van der Waals surface area contributed by atoms with Gasteiger partial charge in [0.15, 0.2) is 11.5 Å². The number of nitrogens with one attached hydrogen (secondary N) is 2. The Balaban J connectivity index is 1.34. The van der Waals surface area contributed by atoms with E-state index < -0.39 is 15.6 Å². The highest BCUT2D eigenvalue weighted by Crippen LogP contribution is 2.36. The zero-order valence-corrected chi connectivity index (χ0v) is 18.5. The second kappa shape index (κ2) is 7.85. The van der Waals surface area contributed by atoms with E-state index in [0.717, 1.165) is 0 Å². The van der Waals surface area contributed by atoms with Crippen LogP contribution in [0.15, 0.2) is 61.1 Å². The minimum atomic E-state index is -3.84. The lowest BCUT2D eigenvalue weighted by Crippen LogP contribution is -2.13. The minimum Gasteiger partial charge on any atom is -0.454 e. The first-order valence-electron chi connectivity index (χ1n) is 9.96. The number of hydrogen-bond acceptors (Lipinski definition) is 9. The summed E-state index contributed by atoms with van der Waals surface area (Å²) in [5.41, 5.74) is 2.52. The highest BCUT2D eigenvalue weighted by molar-refractivity contribution is 7.92. The van der Waals surface area contributed by atoms with Crippen LogP contribution in [0.4, 0.5) is 11.6 Å². The Morgan fingerprint density at radius 3 is 2.45 bits per heavy atom. The summed E-state index contributed by atoms with van der Waals surface area (Å²) in [5.74, 6) is 1.19. The summed E-state index contributed by atoms with van der Waals surface area (Å²) in [7, 11) is -3.84. The molecular weight excluding hydrogens is 450 g/mol. The summed E-state index contributed by atoms with van der Waals surface area (Å²) in [5, 5.41) is 7.66. The summed E-state index contributed by atoms with van der Waals surface area (Å²) in [6.07, 6.45) is 0. The van der Waals surface area contributed by atoms with E-state index >= 15 is 0 Å². The summed E-state index contributed by atoms with van der Waals surface area (Å²) in [4.78, 5) is 12.1. The van der Waals surface area contributed by atoms with Crippen LogP contribution in [0, 0.1) is 13.8 Å². The molecule has 0 saturated carbocycles. The molecule has 0 aliphatic carbocycles. The average Bonchev–Trinajstić information content (AvgIpc) is 3.37. The fourth-order valence-corrected chi connectivity index (χ4v) is 4.45. The van der Waals surface area contributed by atoms with Gasteiger partial charge < -0.3 is 23.7 Å². The maximum atomic E-state index is 12.6. The molecule has 2 aromatic heterocycles. The number of benzene rings is 2. The van der Waals surface area contributed by atoms with Crippen LogP contribution < -0.4 is 25.1 Å². The van der Waals surface area contributed by atoms with Crippen LogP contribution in [0.2, 0.25) is 0 Å². The van der Waals surface area contributed by atoms with Crippen LogP contribution >= 0.6 is 0 Å². The number of aromatic nitrogens is 1. The first kappa shape index (κ1) is 20.9. The maximum Gasteiger partial charge on any atom is 0.336 e. The molecule has 0 fully saturated rings. The van der Waals surface area contributed by atoms with Crippen molar-refractivity contribution in [1.82, 2.24) is 5.16 Å². The van der Waals surface area contributed by atoms with Gasteiger partial charge in [-0.15, -0.1) is 0 Å². The maximum absolute atomic E-state index is 12.6. The van der Waals surface area contributed by atoms with Crippen molar-refractivity contribution in [3.05, 3.63) is 69.7 Å². The second-order valence-electron chi connectivity index (χ2n) is 7.50. The monoisotopic (exact) mass is 469 g/mol. The van der Waals surface area contributed by atoms with Gasteiger partial charge >= 0.3 is 5.63 Å². The molecule has 4 aromatic rings. The molecule has 0 atom stereocenters. The molecule has 10 nitrogen and oxygen atoms in total. The zero-order valence-electron chi connectivity index (χ0n) is 17.7. The molecule has 1 aliphatic rings. The van der Waals surface area contributed by atoms with Crippen molar-refractivity contribution < 1.29 is 26.8 Å². The molecule has 0 radical (unpaired) electrons. The molecular formula is C22H19N3O7S. The van der Waals surface area contributed by atoms with Crippen molar-refractivity contribution in [3.8, 4) is 11.5 Å². The highest BCUT2D eigenvalue weighted by atomic mass is 32.2. The highest BCUT2D eigenvalue weighted by Gasteiger charge is 2.20. The number of sulfonamides is 1. The first-order valence-corrected chi connectivity index (χ1v) is 11.4. The largest absolute Gasteiger partial charge is 0.454 e. The molecule has 33 heavy (non-hydrogen) atoms. The molecule has 0 unspecified atom stereocenters. The van der Waals surface area contributed by atoms with E-state index in [1.165, 1.54) is 18.2 Å². The molecule has 2 N–H and O–H groups in total. The molecule has 0 spiro atoms. The van der Waals surface area contributed by atoms with Crippen LogP contribution in [0.3, 0.4) is 0 Å². The molecule has 5 rings (SSSR count). The molecule has 0 saturated heterocycles. The molecule has 3 heterocycles.